The van der Waals surface area contributed by atoms with Crippen LogP contribution in [-0.4, -0.2) is 30.6 Å². The lowest BCUT2D eigenvalue weighted by Crippen LogP contribution is -2.53. The number of para-hydroxylation sites is 1. The molecule has 1 unspecified atom stereocenters. The van der Waals surface area contributed by atoms with E-state index in [-0.39, 0.29) is 18.0 Å². The molecule has 0 aromatic heterocycles. The van der Waals surface area contributed by atoms with E-state index in [0.717, 1.165) is 24.1 Å². The third-order valence-corrected chi connectivity index (χ3v) is 4.78. The van der Waals surface area contributed by atoms with Gasteiger partial charge in [-0.1, -0.05) is 37.5 Å². The highest BCUT2D eigenvalue weighted by molar-refractivity contribution is 6.02. The Morgan fingerprint density at radius 3 is 2.65 bits per heavy atom. The smallest absolute Gasteiger partial charge is 0.322 e. The minimum Gasteiger partial charge on any atom is -0.355 e. The number of amides is 3. The maximum absolute atomic E-state index is 12.8. The van der Waals surface area contributed by atoms with Crippen LogP contribution in [0.15, 0.2) is 24.3 Å². The average molecular weight is 315 g/mol. The molecule has 1 aliphatic heterocycles. The number of nitrogens with one attached hydrogen (secondary N) is 2. The van der Waals surface area contributed by atoms with Gasteiger partial charge in [0.1, 0.15) is 6.04 Å². The van der Waals surface area contributed by atoms with E-state index >= 15 is 0 Å². The number of fused-ring (bicyclic) bond motifs is 1. The summed E-state index contributed by atoms with van der Waals surface area (Å²) in [7, 11) is 0. The van der Waals surface area contributed by atoms with Crippen molar-refractivity contribution in [2.24, 2.45) is 0 Å². The number of carbonyl (C=O) groups is 2. The lowest BCUT2D eigenvalue weighted by molar-refractivity contribution is -0.122. The predicted molar refractivity (Wildman–Crippen MR) is 90.5 cm³/mol. The van der Waals surface area contributed by atoms with Crippen molar-refractivity contribution in [2.45, 2.75) is 57.5 Å². The number of hydrogen-bond acceptors (Lipinski definition) is 2. The summed E-state index contributed by atoms with van der Waals surface area (Å²) in [6.07, 6.45) is 6.24. The number of benzene rings is 1. The van der Waals surface area contributed by atoms with Crippen molar-refractivity contribution < 1.29 is 9.59 Å². The molecule has 1 saturated carbocycles. The first-order valence-corrected chi connectivity index (χ1v) is 8.66. The molecule has 1 aromatic carbocycles. The zero-order valence-electron chi connectivity index (χ0n) is 13.7. The van der Waals surface area contributed by atoms with Gasteiger partial charge in [0.2, 0.25) is 5.91 Å². The Morgan fingerprint density at radius 2 is 1.91 bits per heavy atom. The van der Waals surface area contributed by atoms with Crippen LogP contribution < -0.4 is 15.5 Å². The van der Waals surface area contributed by atoms with Gasteiger partial charge in [-0.2, -0.15) is 0 Å². The Balaban J connectivity index is 1.79. The van der Waals surface area contributed by atoms with E-state index in [1.165, 1.54) is 19.3 Å². The lowest BCUT2D eigenvalue weighted by Gasteiger charge is -2.29. The van der Waals surface area contributed by atoms with Crippen molar-refractivity contribution in [1.82, 2.24) is 10.6 Å². The molecule has 2 N–H and O–H groups in total. The summed E-state index contributed by atoms with van der Waals surface area (Å²) in [5, 5.41) is 5.99. The molecule has 3 rings (SSSR count). The highest BCUT2D eigenvalue weighted by Crippen LogP contribution is 2.32. The van der Waals surface area contributed by atoms with E-state index in [4.69, 9.17) is 0 Å². The van der Waals surface area contributed by atoms with Crippen molar-refractivity contribution in [3.63, 3.8) is 0 Å². The number of urea groups is 1. The predicted octanol–water partition coefficient (Wildman–Crippen LogP) is 2.60. The fraction of sp³-hybridized carbons (Fsp3) is 0.556. The summed E-state index contributed by atoms with van der Waals surface area (Å²) in [4.78, 5) is 26.9. The maximum atomic E-state index is 12.8. The van der Waals surface area contributed by atoms with Crippen LogP contribution in [0.4, 0.5) is 10.5 Å². The summed E-state index contributed by atoms with van der Waals surface area (Å²) >= 11 is 0. The maximum Gasteiger partial charge on any atom is 0.322 e. The summed E-state index contributed by atoms with van der Waals surface area (Å²) < 4.78 is 0. The van der Waals surface area contributed by atoms with E-state index in [9.17, 15) is 9.59 Å². The molecule has 0 bridgehead atoms. The first-order valence-electron chi connectivity index (χ1n) is 8.66. The minimum atomic E-state index is -0.448. The summed E-state index contributed by atoms with van der Waals surface area (Å²) in [5.41, 5.74) is 1.92. The first kappa shape index (κ1) is 15.8. The highest BCUT2D eigenvalue weighted by Gasteiger charge is 2.38. The summed E-state index contributed by atoms with van der Waals surface area (Å²) in [6.45, 7) is 2.47. The standard InChI is InChI=1S/C18H25N3O2/c1-2-19-17(22)16-12-13-8-6-7-11-15(13)21(16)18(23)20-14-9-4-3-5-10-14/h6-8,11,14,16H,2-5,9-10,12H2,1H3,(H,19,22)(H,20,23). The van der Waals surface area contributed by atoms with Gasteiger partial charge in [0.15, 0.2) is 0 Å². The molecule has 124 valence electrons. The molecule has 23 heavy (non-hydrogen) atoms. The molecule has 0 radical (unpaired) electrons. The second-order valence-electron chi connectivity index (χ2n) is 6.40. The molecule has 1 heterocycles. The molecule has 5 heteroatoms. The van der Waals surface area contributed by atoms with E-state index < -0.39 is 6.04 Å². The third kappa shape index (κ3) is 3.33. The molecule has 2 aliphatic rings. The second kappa shape index (κ2) is 7.02. The van der Waals surface area contributed by atoms with E-state index in [2.05, 4.69) is 10.6 Å². The number of nitrogens with zero attached hydrogens (tertiary/aromatic N) is 1. The Hall–Kier alpha value is -2.04. The van der Waals surface area contributed by atoms with Gasteiger partial charge in [-0.15, -0.1) is 0 Å². The summed E-state index contributed by atoms with van der Waals surface area (Å²) in [5.74, 6) is -0.0810. The fourth-order valence-corrected chi connectivity index (χ4v) is 3.63. The van der Waals surface area contributed by atoms with E-state index in [1.54, 1.807) is 4.90 Å². The number of anilines is 1. The van der Waals surface area contributed by atoms with Gasteiger partial charge in [0.05, 0.1) is 0 Å². The van der Waals surface area contributed by atoms with Crippen molar-refractivity contribution in [1.29, 1.82) is 0 Å². The van der Waals surface area contributed by atoms with Gasteiger partial charge >= 0.3 is 6.03 Å². The zero-order chi connectivity index (χ0) is 16.2. The molecular weight excluding hydrogens is 290 g/mol. The second-order valence-corrected chi connectivity index (χ2v) is 6.40. The molecule has 0 spiro atoms. The van der Waals surface area contributed by atoms with Gasteiger partial charge < -0.3 is 10.6 Å². The largest absolute Gasteiger partial charge is 0.355 e. The van der Waals surface area contributed by atoms with Gasteiger partial charge in [0.25, 0.3) is 0 Å². The van der Waals surface area contributed by atoms with E-state index in [0.29, 0.717) is 13.0 Å². The molecule has 1 aliphatic carbocycles. The van der Waals surface area contributed by atoms with Crippen molar-refractivity contribution >= 4 is 17.6 Å². The van der Waals surface area contributed by atoms with Crippen LogP contribution in [0.1, 0.15) is 44.6 Å². The monoisotopic (exact) mass is 315 g/mol. The lowest BCUT2D eigenvalue weighted by atomic mass is 9.96. The molecule has 0 saturated heterocycles. The van der Waals surface area contributed by atoms with Crippen LogP contribution in [0.2, 0.25) is 0 Å². The van der Waals surface area contributed by atoms with Crippen LogP contribution >= 0.6 is 0 Å². The van der Waals surface area contributed by atoms with Crippen molar-refractivity contribution in [3.05, 3.63) is 29.8 Å². The number of carbonyl (C=O) groups excluding carboxylic acids is 2. The SMILES string of the molecule is CCNC(=O)C1Cc2ccccc2N1C(=O)NC1CCCCC1. The summed E-state index contributed by atoms with van der Waals surface area (Å²) in [6, 6.07) is 7.44. The molecule has 5 nitrogen and oxygen atoms in total. The Morgan fingerprint density at radius 1 is 1.17 bits per heavy atom. The normalized spacial score (nSPS) is 20.9. The van der Waals surface area contributed by atoms with Crippen molar-refractivity contribution in [2.75, 3.05) is 11.4 Å². The zero-order valence-corrected chi connectivity index (χ0v) is 13.7. The van der Waals surface area contributed by atoms with Gasteiger partial charge in [-0.05, 0) is 31.4 Å². The topological polar surface area (TPSA) is 61.4 Å². The molecule has 1 atom stereocenters. The number of rotatable bonds is 3. The van der Waals surface area contributed by atoms with Crippen LogP contribution in [-0.2, 0) is 11.2 Å². The van der Waals surface area contributed by atoms with Gasteiger partial charge in [-0.3, -0.25) is 9.69 Å². The highest BCUT2D eigenvalue weighted by atomic mass is 16.2. The Kier molecular flexibility index (Phi) is 4.84. The molecule has 3 amide bonds. The number of hydrogen-bond donors (Lipinski definition) is 2. The average Bonchev–Trinajstić information content (AvgIpc) is 2.95. The van der Waals surface area contributed by atoms with E-state index in [1.807, 2.05) is 31.2 Å². The van der Waals surface area contributed by atoms with Gasteiger partial charge in [0, 0.05) is 24.7 Å². The van der Waals surface area contributed by atoms with Crippen LogP contribution in [0.5, 0.6) is 0 Å². The molecular formula is C18H25N3O2. The fourth-order valence-electron chi connectivity index (χ4n) is 3.63. The molecule has 1 fully saturated rings. The molecule has 1 aromatic rings. The Bertz CT molecular complexity index is 581. The van der Waals surface area contributed by atoms with Crippen LogP contribution in [0.3, 0.4) is 0 Å². The van der Waals surface area contributed by atoms with Crippen LogP contribution in [0.25, 0.3) is 0 Å². The third-order valence-electron chi connectivity index (χ3n) is 4.78. The van der Waals surface area contributed by atoms with Crippen molar-refractivity contribution in [3.8, 4) is 0 Å². The first-order chi connectivity index (χ1) is 11.2. The minimum absolute atomic E-state index is 0.0810. The number of likely N-dealkylation sites (N-methyl/N-ethyl adjacent to an activating group) is 1. The Labute approximate surface area is 137 Å². The van der Waals surface area contributed by atoms with Gasteiger partial charge in [-0.25, -0.2) is 4.79 Å². The quantitative estimate of drug-likeness (QED) is 0.900. The van der Waals surface area contributed by atoms with Crippen LogP contribution in [0, 0.1) is 0 Å².